The lowest BCUT2D eigenvalue weighted by molar-refractivity contribution is 0.454. The average molecular weight is 369 g/mol. The minimum absolute atomic E-state index is 0.155. The molecule has 0 aliphatic heterocycles. The van der Waals surface area contributed by atoms with Gasteiger partial charge in [-0.1, -0.05) is 13.0 Å². The van der Waals surface area contributed by atoms with Gasteiger partial charge >= 0.3 is 0 Å². The maximum absolute atomic E-state index is 10.2. The molecule has 21 heavy (non-hydrogen) atoms. The van der Waals surface area contributed by atoms with Crippen LogP contribution in [0.4, 0.5) is 5.69 Å². The Morgan fingerprint density at radius 2 is 2.14 bits per heavy atom. The van der Waals surface area contributed by atoms with Crippen LogP contribution in [0.15, 0.2) is 34.1 Å². The van der Waals surface area contributed by atoms with Gasteiger partial charge in [-0.05, 0) is 41.5 Å². The second-order valence-electron chi connectivity index (χ2n) is 5.11. The number of nitrogens with zero attached hydrogens (tertiary/aromatic N) is 1. The molecule has 1 aromatic heterocycles. The highest BCUT2D eigenvalue weighted by Crippen LogP contribution is 2.30. The largest absolute Gasteiger partial charge is 0.508 e. The van der Waals surface area contributed by atoms with Crippen LogP contribution in [-0.2, 0) is 6.54 Å². The van der Waals surface area contributed by atoms with Crippen molar-refractivity contribution in [3.8, 4) is 5.75 Å². The third kappa shape index (κ3) is 4.22. The van der Waals surface area contributed by atoms with E-state index in [-0.39, 0.29) is 6.04 Å². The van der Waals surface area contributed by atoms with Gasteiger partial charge in [0.15, 0.2) is 0 Å². The Balaban J connectivity index is 2.11. The molecule has 2 N–H and O–H groups in total. The highest BCUT2D eigenvalue weighted by molar-refractivity contribution is 9.10. The molecular formula is C16H21BrN2OS. The smallest absolute Gasteiger partial charge is 0.122 e. The summed E-state index contributed by atoms with van der Waals surface area (Å²) in [5, 5.41) is 15.6. The molecule has 0 fully saturated rings. The number of thiophene rings is 1. The van der Waals surface area contributed by atoms with Gasteiger partial charge in [0.25, 0.3) is 0 Å². The number of benzene rings is 1. The van der Waals surface area contributed by atoms with Crippen molar-refractivity contribution < 1.29 is 5.11 Å². The van der Waals surface area contributed by atoms with Crippen LogP contribution in [0, 0.1) is 0 Å². The maximum Gasteiger partial charge on any atom is 0.122 e. The minimum Gasteiger partial charge on any atom is -0.508 e. The van der Waals surface area contributed by atoms with E-state index in [4.69, 9.17) is 0 Å². The van der Waals surface area contributed by atoms with Gasteiger partial charge in [-0.25, -0.2) is 0 Å². The van der Waals surface area contributed by atoms with Crippen molar-refractivity contribution in [1.82, 2.24) is 5.32 Å². The van der Waals surface area contributed by atoms with Gasteiger partial charge in [-0.15, -0.1) is 11.3 Å². The molecule has 0 aliphatic carbocycles. The Bertz CT molecular complexity index is 600. The summed E-state index contributed by atoms with van der Waals surface area (Å²) in [6.07, 6.45) is 0. The summed E-state index contributed by atoms with van der Waals surface area (Å²) in [5.41, 5.74) is 1.96. The van der Waals surface area contributed by atoms with Crippen LogP contribution in [0.3, 0.4) is 0 Å². The molecule has 1 atom stereocenters. The van der Waals surface area contributed by atoms with Crippen molar-refractivity contribution in [2.75, 3.05) is 18.5 Å². The number of hydrogen-bond donors (Lipinski definition) is 2. The topological polar surface area (TPSA) is 35.5 Å². The Morgan fingerprint density at radius 3 is 2.71 bits per heavy atom. The van der Waals surface area contributed by atoms with E-state index >= 15 is 0 Å². The van der Waals surface area contributed by atoms with Gasteiger partial charge in [0, 0.05) is 45.1 Å². The van der Waals surface area contributed by atoms with Crippen LogP contribution in [0.5, 0.6) is 5.75 Å². The molecule has 0 bridgehead atoms. The monoisotopic (exact) mass is 368 g/mol. The molecule has 2 rings (SSSR count). The molecule has 1 heterocycles. The molecule has 0 spiro atoms. The fourth-order valence-electron chi connectivity index (χ4n) is 2.31. The van der Waals surface area contributed by atoms with Gasteiger partial charge in [0.1, 0.15) is 5.75 Å². The predicted molar refractivity (Wildman–Crippen MR) is 94.3 cm³/mol. The van der Waals surface area contributed by atoms with Crippen molar-refractivity contribution in [2.45, 2.75) is 26.4 Å². The summed E-state index contributed by atoms with van der Waals surface area (Å²) >= 11 is 5.21. The van der Waals surface area contributed by atoms with E-state index in [0.29, 0.717) is 5.75 Å². The number of phenolic OH excluding ortho intramolecular Hbond substituents is 1. The number of hydrogen-bond acceptors (Lipinski definition) is 4. The number of nitrogens with one attached hydrogen (secondary N) is 1. The minimum atomic E-state index is 0.155. The summed E-state index contributed by atoms with van der Waals surface area (Å²) in [4.78, 5) is 3.42. The van der Waals surface area contributed by atoms with E-state index in [1.54, 1.807) is 11.3 Å². The lowest BCUT2D eigenvalue weighted by Crippen LogP contribution is -2.19. The fraction of sp³-hybridized carbons (Fsp3) is 0.375. The van der Waals surface area contributed by atoms with Crippen molar-refractivity contribution in [3.05, 3.63) is 44.6 Å². The molecule has 1 aromatic carbocycles. The summed E-state index contributed by atoms with van der Waals surface area (Å²) < 4.78 is 1.12. The molecule has 0 amide bonds. The number of halogens is 1. The average Bonchev–Trinajstić information content (AvgIpc) is 2.84. The quantitative estimate of drug-likeness (QED) is 0.786. The lowest BCUT2D eigenvalue weighted by atomic mass is 10.1. The molecular weight excluding hydrogens is 348 g/mol. The van der Waals surface area contributed by atoms with E-state index in [1.165, 1.54) is 4.88 Å². The molecule has 2 aromatic rings. The van der Waals surface area contributed by atoms with Crippen LogP contribution in [0.2, 0.25) is 0 Å². The van der Waals surface area contributed by atoms with Gasteiger partial charge in [0.05, 0.1) is 6.54 Å². The summed E-state index contributed by atoms with van der Waals surface area (Å²) in [6.45, 7) is 5.84. The molecule has 1 unspecified atom stereocenters. The zero-order chi connectivity index (χ0) is 15.4. The first kappa shape index (κ1) is 16.3. The van der Waals surface area contributed by atoms with E-state index < -0.39 is 0 Å². The van der Waals surface area contributed by atoms with Gasteiger partial charge in [-0.3, -0.25) is 0 Å². The second-order valence-corrected chi connectivity index (χ2v) is 7.02. The van der Waals surface area contributed by atoms with Crippen molar-refractivity contribution in [2.24, 2.45) is 0 Å². The number of rotatable bonds is 6. The molecule has 3 nitrogen and oxygen atoms in total. The Kier molecular flexibility index (Phi) is 5.67. The van der Waals surface area contributed by atoms with Crippen molar-refractivity contribution in [3.63, 3.8) is 0 Å². The van der Waals surface area contributed by atoms with Crippen LogP contribution in [0.1, 0.15) is 30.3 Å². The van der Waals surface area contributed by atoms with E-state index in [9.17, 15) is 5.11 Å². The van der Waals surface area contributed by atoms with E-state index in [0.717, 1.165) is 28.8 Å². The van der Waals surface area contributed by atoms with Crippen LogP contribution >= 0.6 is 27.3 Å². The van der Waals surface area contributed by atoms with Crippen LogP contribution in [-0.4, -0.2) is 18.7 Å². The standard InChI is InChI=1S/C16H21BrN2OS/c1-4-18-11(2)15-6-5-13(8-16(15)20)19(3)9-14-7-12(17)10-21-14/h5-8,10-11,18,20H,4,9H2,1-3H3. The van der Waals surface area contributed by atoms with Crippen molar-refractivity contribution >= 4 is 33.0 Å². The van der Waals surface area contributed by atoms with Crippen LogP contribution < -0.4 is 10.2 Å². The van der Waals surface area contributed by atoms with Gasteiger partial charge in [0.2, 0.25) is 0 Å². The molecule has 0 radical (unpaired) electrons. The summed E-state index contributed by atoms with van der Waals surface area (Å²) in [6, 6.07) is 8.18. The zero-order valence-corrected chi connectivity index (χ0v) is 15.0. The van der Waals surface area contributed by atoms with E-state index in [1.807, 2.05) is 19.2 Å². The first-order valence-corrected chi connectivity index (χ1v) is 8.69. The van der Waals surface area contributed by atoms with Gasteiger partial charge in [-0.2, -0.15) is 0 Å². The Hall–Kier alpha value is -1.04. The van der Waals surface area contributed by atoms with Crippen LogP contribution in [0.25, 0.3) is 0 Å². The third-order valence-corrected chi connectivity index (χ3v) is 5.13. The highest BCUT2D eigenvalue weighted by Gasteiger charge is 2.12. The Labute approximate surface area is 138 Å². The first-order chi connectivity index (χ1) is 10.0. The molecule has 114 valence electrons. The van der Waals surface area contributed by atoms with Crippen molar-refractivity contribution in [1.29, 1.82) is 0 Å². The molecule has 0 saturated carbocycles. The lowest BCUT2D eigenvalue weighted by Gasteiger charge is -2.21. The first-order valence-electron chi connectivity index (χ1n) is 7.01. The predicted octanol–water partition coefficient (Wildman–Crippen LogP) is 4.52. The highest BCUT2D eigenvalue weighted by atomic mass is 79.9. The number of aromatic hydroxyl groups is 1. The second kappa shape index (κ2) is 7.29. The third-order valence-electron chi connectivity index (χ3n) is 3.45. The normalized spacial score (nSPS) is 12.4. The summed E-state index contributed by atoms with van der Waals surface area (Å²) in [5.74, 6) is 0.347. The SMILES string of the molecule is CCNC(C)c1ccc(N(C)Cc2cc(Br)cs2)cc1O. The number of anilines is 1. The Morgan fingerprint density at radius 1 is 1.38 bits per heavy atom. The fourth-order valence-corrected chi connectivity index (χ4v) is 3.82. The van der Waals surface area contributed by atoms with E-state index in [2.05, 4.69) is 57.5 Å². The summed E-state index contributed by atoms with van der Waals surface area (Å²) in [7, 11) is 2.04. The number of phenols is 1. The molecule has 0 aliphatic rings. The zero-order valence-electron chi connectivity index (χ0n) is 12.6. The van der Waals surface area contributed by atoms with Gasteiger partial charge < -0.3 is 15.3 Å². The maximum atomic E-state index is 10.2. The molecule has 0 saturated heterocycles. The molecule has 5 heteroatoms.